The van der Waals surface area contributed by atoms with Gasteiger partial charge in [0.15, 0.2) is 0 Å². The predicted octanol–water partition coefficient (Wildman–Crippen LogP) is 2.62. The Balaban J connectivity index is 1.69. The van der Waals surface area contributed by atoms with Gasteiger partial charge in [0.2, 0.25) is 0 Å². The zero-order chi connectivity index (χ0) is 12.1. The molecular weight excluding hydrogens is 214 g/mol. The largest absolute Gasteiger partial charge is 0.469 e. The number of aryl methyl sites for hydroxylation is 1. The van der Waals surface area contributed by atoms with Crippen LogP contribution in [-0.4, -0.2) is 25.8 Å². The molecule has 1 aromatic rings. The zero-order valence-electron chi connectivity index (χ0n) is 10.8. The van der Waals surface area contributed by atoms with E-state index in [2.05, 4.69) is 12.2 Å². The maximum atomic E-state index is 5.34. The van der Waals surface area contributed by atoms with Crippen molar-refractivity contribution in [3.63, 3.8) is 0 Å². The number of furan rings is 1. The summed E-state index contributed by atoms with van der Waals surface area (Å²) >= 11 is 0. The van der Waals surface area contributed by atoms with Gasteiger partial charge in [-0.3, -0.25) is 0 Å². The highest BCUT2D eigenvalue weighted by Crippen LogP contribution is 2.33. The second-order valence-electron chi connectivity index (χ2n) is 5.09. The van der Waals surface area contributed by atoms with E-state index in [1.807, 2.05) is 12.1 Å². The molecule has 0 amide bonds. The van der Waals surface area contributed by atoms with Gasteiger partial charge < -0.3 is 14.5 Å². The lowest BCUT2D eigenvalue weighted by molar-refractivity contribution is 0.151. The smallest absolute Gasteiger partial charge is 0.103 e. The van der Waals surface area contributed by atoms with Crippen LogP contribution >= 0.6 is 0 Å². The third-order valence-electron chi connectivity index (χ3n) is 3.44. The van der Waals surface area contributed by atoms with E-state index in [1.165, 1.54) is 12.8 Å². The van der Waals surface area contributed by atoms with Gasteiger partial charge in [-0.05, 0) is 44.2 Å². The van der Waals surface area contributed by atoms with Crippen LogP contribution in [0.15, 0.2) is 22.8 Å². The third kappa shape index (κ3) is 4.17. The van der Waals surface area contributed by atoms with E-state index in [-0.39, 0.29) is 0 Å². The molecule has 3 nitrogen and oxygen atoms in total. The standard InChI is InChI=1S/C14H23NO2/c1-11(5-8-13-4-3-9-17-13)15-14(10-16-2)12-6-7-12/h3-4,9,11-12,14-15H,5-8,10H2,1-2H3. The van der Waals surface area contributed by atoms with Gasteiger partial charge in [-0.2, -0.15) is 0 Å². The molecule has 2 atom stereocenters. The number of nitrogens with one attached hydrogen (secondary N) is 1. The summed E-state index contributed by atoms with van der Waals surface area (Å²) in [4.78, 5) is 0. The molecule has 1 aromatic heterocycles. The molecule has 3 heteroatoms. The molecule has 0 aliphatic heterocycles. The molecule has 0 saturated heterocycles. The molecule has 1 heterocycles. The van der Waals surface area contributed by atoms with Gasteiger partial charge >= 0.3 is 0 Å². The average Bonchev–Trinajstić information content (AvgIpc) is 3.03. The third-order valence-corrected chi connectivity index (χ3v) is 3.44. The van der Waals surface area contributed by atoms with Crippen LogP contribution in [0.1, 0.15) is 31.9 Å². The first-order valence-electron chi connectivity index (χ1n) is 6.57. The number of rotatable bonds is 8. The maximum Gasteiger partial charge on any atom is 0.103 e. The topological polar surface area (TPSA) is 34.4 Å². The van der Waals surface area contributed by atoms with Crippen molar-refractivity contribution in [1.82, 2.24) is 5.32 Å². The van der Waals surface area contributed by atoms with Gasteiger partial charge in [0.05, 0.1) is 12.9 Å². The SMILES string of the molecule is COCC(NC(C)CCc1ccco1)C1CC1. The van der Waals surface area contributed by atoms with Crippen LogP contribution in [0.2, 0.25) is 0 Å². The highest BCUT2D eigenvalue weighted by molar-refractivity contribution is 4.98. The Labute approximate surface area is 104 Å². The average molecular weight is 237 g/mol. The fourth-order valence-corrected chi connectivity index (χ4v) is 2.26. The fraction of sp³-hybridized carbons (Fsp3) is 0.714. The van der Waals surface area contributed by atoms with Crippen LogP contribution in [0.4, 0.5) is 0 Å². The Morgan fingerprint density at radius 3 is 2.94 bits per heavy atom. The van der Waals surface area contributed by atoms with Crippen LogP contribution in [-0.2, 0) is 11.2 Å². The lowest BCUT2D eigenvalue weighted by Gasteiger charge is -2.22. The van der Waals surface area contributed by atoms with Crippen LogP contribution in [0.5, 0.6) is 0 Å². The van der Waals surface area contributed by atoms with Crippen molar-refractivity contribution >= 4 is 0 Å². The van der Waals surface area contributed by atoms with Gasteiger partial charge in [-0.1, -0.05) is 0 Å². The van der Waals surface area contributed by atoms with E-state index in [9.17, 15) is 0 Å². The van der Waals surface area contributed by atoms with E-state index < -0.39 is 0 Å². The van der Waals surface area contributed by atoms with E-state index in [0.29, 0.717) is 12.1 Å². The minimum absolute atomic E-state index is 0.515. The molecular formula is C14H23NO2. The maximum absolute atomic E-state index is 5.34. The first-order valence-corrected chi connectivity index (χ1v) is 6.57. The van der Waals surface area contributed by atoms with Crippen LogP contribution in [0.3, 0.4) is 0 Å². The molecule has 1 N–H and O–H groups in total. The Morgan fingerprint density at radius 1 is 1.53 bits per heavy atom. The molecule has 0 aromatic carbocycles. The Morgan fingerprint density at radius 2 is 2.35 bits per heavy atom. The molecule has 2 rings (SSSR count). The number of hydrogen-bond acceptors (Lipinski definition) is 3. The zero-order valence-corrected chi connectivity index (χ0v) is 10.8. The van der Waals surface area contributed by atoms with Crippen molar-refractivity contribution in [3.8, 4) is 0 Å². The molecule has 1 fully saturated rings. The van der Waals surface area contributed by atoms with Gasteiger partial charge in [0, 0.05) is 25.6 Å². The van der Waals surface area contributed by atoms with Crippen LogP contribution < -0.4 is 5.32 Å². The molecule has 0 bridgehead atoms. The van der Waals surface area contributed by atoms with E-state index in [1.54, 1.807) is 13.4 Å². The van der Waals surface area contributed by atoms with Gasteiger partial charge in [-0.25, -0.2) is 0 Å². The van der Waals surface area contributed by atoms with Crippen molar-refractivity contribution < 1.29 is 9.15 Å². The van der Waals surface area contributed by atoms with Gasteiger partial charge in [-0.15, -0.1) is 0 Å². The predicted molar refractivity (Wildman–Crippen MR) is 68.0 cm³/mol. The number of methoxy groups -OCH3 is 1. The molecule has 1 aliphatic rings. The van der Waals surface area contributed by atoms with Gasteiger partial charge in [0.1, 0.15) is 5.76 Å². The second-order valence-corrected chi connectivity index (χ2v) is 5.09. The molecule has 96 valence electrons. The Hall–Kier alpha value is -0.800. The highest BCUT2D eigenvalue weighted by atomic mass is 16.5. The minimum Gasteiger partial charge on any atom is -0.469 e. The number of ether oxygens (including phenoxy) is 1. The summed E-state index contributed by atoms with van der Waals surface area (Å²) in [7, 11) is 1.78. The van der Waals surface area contributed by atoms with E-state index >= 15 is 0 Å². The summed E-state index contributed by atoms with van der Waals surface area (Å²) < 4.78 is 10.6. The first kappa shape index (κ1) is 12.7. The van der Waals surface area contributed by atoms with E-state index in [0.717, 1.165) is 31.1 Å². The number of hydrogen-bond donors (Lipinski definition) is 1. The summed E-state index contributed by atoms with van der Waals surface area (Å²) in [5.74, 6) is 1.91. The molecule has 0 radical (unpaired) electrons. The highest BCUT2D eigenvalue weighted by Gasteiger charge is 2.31. The summed E-state index contributed by atoms with van der Waals surface area (Å²) in [6.45, 7) is 3.07. The van der Waals surface area contributed by atoms with Crippen molar-refractivity contribution in [2.24, 2.45) is 5.92 Å². The van der Waals surface area contributed by atoms with Crippen molar-refractivity contribution in [2.75, 3.05) is 13.7 Å². The molecule has 0 spiro atoms. The molecule has 1 aliphatic carbocycles. The van der Waals surface area contributed by atoms with Crippen molar-refractivity contribution in [1.29, 1.82) is 0 Å². The normalized spacial score (nSPS) is 19.2. The monoisotopic (exact) mass is 237 g/mol. The van der Waals surface area contributed by atoms with Crippen LogP contribution in [0, 0.1) is 5.92 Å². The first-order chi connectivity index (χ1) is 8.29. The second kappa shape index (κ2) is 6.22. The quantitative estimate of drug-likeness (QED) is 0.754. The summed E-state index contributed by atoms with van der Waals surface area (Å²) in [6, 6.07) is 5.04. The van der Waals surface area contributed by atoms with E-state index in [4.69, 9.17) is 9.15 Å². The van der Waals surface area contributed by atoms with Gasteiger partial charge in [0.25, 0.3) is 0 Å². The molecule has 17 heavy (non-hydrogen) atoms. The Kier molecular flexibility index (Phi) is 4.63. The van der Waals surface area contributed by atoms with Crippen LogP contribution in [0.25, 0.3) is 0 Å². The molecule has 1 saturated carbocycles. The summed E-state index contributed by atoms with van der Waals surface area (Å²) in [5, 5.41) is 3.68. The van der Waals surface area contributed by atoms with Crippen molar-refractivity contribution in [3.05, 3.63) is 24.2 Å². The summed E-state index contributed by atoms with van der Waals surface area (Å²) in [5.41, 5.74) is 0. The van der Waals surface area contributed by atoms with Crippen molar-refractivity contribution in [2.45, 2.75) is 44.7 Å². The molecule has 2 unspecified atom stereocenters. The summed E-state index contributed by atoms with van der Waals surface area (Å²) in [6.07, 6.45) is 6.56. The lowest BCUT2D eigenvalue weighted by Crippen LogP contribution is -2.41. The minimum atomic E-state index is 0.515. The lowest BCUT2D eigenvalue weighted by atomic mass is 10.1. The Bertz CT molecular complexity index is 306. The fourth-order valence-electron chi connectivity index (χ4n) is 2.26.